The van der Waals surface area contributed by atoms with Gasteiger partial charge >= 0.3 is 12.0 Å². The maximum atomic E-state index is 13.2. The van der Waals surface area contributed by atoms with E-state index in [0.717, 1.165) is 23.8 Å². The molecule has 1 aromatic heterocycles. The largest absolute Gasteiger partial charge is 0.469 e. The van der Waals surface area contributed by atoms with Gasteiger partial charge in [0.2, 0.25) is 5.89 Å². The summed E-state index contributed by atoms with van der Waals surface area (Å²) in [7, 11) is 1.33. The van der Waals surface area contributed by atoms with Gasteiger partial charge in [-0.3, -0.25) is 4.79 Å². The van der Waals surface area contributed by atoms with Gasteiger partial charge in [0.15, 0.2) is 0 Å². The number of benzene rings is 2. The number of carbonyl (C=O) groups excluding carboxylic acids is 1. The minimum Gasteiger partial charge on any atom is -0.469 e. The van der Waals surface area contributed by atoms with Crippen LogP contribution in [0.2, 0.25) is 0 Å². The molecule has 2 aromatic carbocycles. The number of methoxy groups -OCH3 is 1. The van der Waals surface area contributed by atoms with E-state index in [2.05, 4.69) is 20.3 Å². The summed E-state index contributed by atoms with van der Waals surface area (Å²) in [6.45, 7) is 0. The molecule has 0 aliphatic heterocycles. The van der Waals surface area contributed by atoms with E-state index in [1.54, 1.807) is 24.3 Å². The molecule has 0 amide bonds. The smallest absolute Gasteiger partial charge is 0.320 e. The van der Waals surface area contributed by atoms with Crippen molar-refractivity contribution >= 4 is 17.7 Å². The number of ether oxygens (including phenoxy) is 1. The monoisotopic (exact) mass is 345 g/mol. The summed E-state index contributed by atoms with van der Waals surface area (Å²) < 4.78 is 36.4. The number of nitrogens with one attached hydrogen (secondary N) is 1. The molecule has 0 unspecified atom stereocenters. The van der Waals surface area contributed by atoms with E-state index in [1.807, 2.05) is 0 Å². The lowest BCUT2D eigenvalue weighted by Crippen LogP contribution is -2.04. The van der Waals surface area contributed by atoms with Crippen molar-refractivity contribution in [2.75, 3.05) is 12.4 Å². The Morgan fingerprint density at radius 3 is 2.44 bits per heavy atom. The Balaban J connectivity index is 1.72. The maximum Gasteiger partial charge on any atom is 0.320 e. The molecular formula is C17H13F2N3O3. The molecule has 0 saturated carbocycles. The van der Waals surface area contributed by atoms with Crippen LogP contribution in [-0.2, 0) is 16.0 Å². The summed E-state index contributed by atoms with van der Waals surface area (Å²) >= 11 is 0. The van der Waals surface area contributed by atoms with Crippen molar-refractivity contribution in [3.05, 3.63) is 59.7 Å². The Kier molecular flexibility index (Phi) is 4.69. The summed E-state index contributed by atoms with van der Waals surface area (Å²) in [6.07, 6.45) is 0.173. The van der Waals surface area contributed by atoms with Crippen LogP contribution in [0.5, 0.6) is 0 Å². The number of halogens is 2. The van der Waals surface area contributed by atoms with Crippen LogP contribution in [-0.4, -0.2) is 23.3 Å². The van der Waals surface area contributed by atoms with E-state index in [1.165, 1.54) is 7.11 Å². The average molecular weight is 345 g/mol. The molecule has 1 heterocycles. The summed E-state index contributed by atoms with van der Waals surface area (Å²) in [5.74, 6) is -1.81. The topological polar surface area (TPSA) is 77.2 Å². The zero-order valence-electron chi connectivity index (χ0n) is 13.1. The standard InChI is InChI=1S/C17H13F2N3O3/c1-24-15(23)6-10-2-4-14(5-3-10)20-17-22-21-16(25-17)11-7-12(18)9-13(19)8-11/h2-5,7-9H,6H2,1H3,(H,20,22). The van der Waals surface area contributed by atoms with Gasteiger partial charge in [-0.1, -0.05) is 17.2 Å². The highest BCUT2D eigenvalue weighted by Crippen LogP contribution is 2.24. The van der Waals surface area contributed by atoms with Crippen molar-refractivity contribution in [1.82, 2.24) is 10.2 Å². The van der Waals surface area contributed by atoms with Gasteiger partial charge in [-0.05, 0) is 29.8 Å². The summed E-state index contributed by atoms with van der Waals surface area (Å²) in [4.78, 5) is 11.2. The lowest BCUT2D eigenvalue weighted by molar-refractivity contribution is -0.139. The van der Waals surface area contributed by atoms with E-state index in [0.29, 0.717) is 5.69 Å². The van der Waals surface area contributed by atoms with Crippen molar-refractivity contribution in [3.63, 3.8) is 0 Å². The second-order valence-electron chi connectivity index (χ2n) is 5.15. The Morgan fingerprint density at radius 1 is 1.12 bits per heavy atom. The zero-order valence-corrected chi connectivity index (χ0v) is 13.1. The lowest BCUT2D eigenvalue weighted by atomic mass is 10.1. The molecule has 0 spiro atoms. The second-order valence-corrected chi connectivity index (χ2v) is 5.15. The molecular weight excluding hydrogens is 332 g/mol. The van der Waals surface area contributed by atoms with E-state index < -0.39 is 11.6 Å². The number of rotatable bonds is 5. The third kappa shape index (κ3) is 4.17. The number of anilines is 2. The normalized spacial score (nSPS) is 10.5. The van der Waals surface area contributed by atoms with Gasteiger partial charge in [0.1, 0.15) is 11.6 Å². The molecule has 0 aliphatic rings. The molecule has 1 N–H and O–H groups in total. The highest BCUT2D eigenvalue weighted by atomic mass is 19.1. The van der Waals surface area contributed by atoms with Crippen LogP contribution in [0, 0.1) is 11.6 Å². The Labute approximate surface area is 141 Å². The number of nitrogens with zero attached hydrogens (tertiary/aromatic N) is 2. The van der Waals surface area contributed by atoms with Crippen LogP contribution in [0.4, 0.5) is 20.5 Å². The van der Waals surface area contributed by atoms with Crippen molar-refractivity contribution < 1.29 is 22.7 Å². The summed E-state index contributed by atoms with van der Waals surface area (Å²) in [6, 6.07) is 9.98. The average Bonchev–Trinajstić information content (AvgIpc) is 3.04. The van der Waals surface area contributed by atoms with E-state index in [-0.39, 0.29) is 29.9 Å². The van der Waals surface area contributed by atoms with Crippen LogP contribution in [0.3, 0.4) is 0 Å². The fourth-order valence-corrected chi connectivity index (χ4v) is 2.14. The fourth-order valence-electron chi connectivity index (χ4n) is 2.14. The lowest BCUT2D eigenvalue weighted by Gasteiger charge is -2.03. The quantitative estimate of drug-likeness (QED) is 0.714. The molecule has 0 radical (unpaired) electrons. The summed E-state index contributed by atoms with van der Waals surface area (Å²) in [5.41, 5.74) is 1.58. The third-order valence-corrected chi connectivity index (χ3v) is 3.32. The Hall–Kier alpha value is -3.29. The van der Waals surface area contributed by atoms with Gasteiger partial charge in [-0.15, -0.1) is 5.10 Å². The maximum absolute atomic E-state index is 13.2. The van der Waals surface area contributed by atoms with Crippen molar-refractivity contribution in [2.24, 2.45) is 0 Å². The predicted molar refractivity (Wildman–Crippen MR) is 85.1 cm³/mol. The Morgan fingerprint density at radius 2 is 1.80 bits per heavy atom. The third-order valence-electron chi connectivity index (χ3n) is 3.32. The molecule has 0 atom stereocenters. The van der Waals surface area contributed by atoms with Gasteiger partial charge in [-0.2, -0.15) is 0 Å². The van der Waals surface area contributed by atoms with Crippen molar-refractivity contribution in [1.29, 1.82) is 0 Å². The SMILES string of the molecule is COC(=O)Cc1ccc(Nc2nnc(-c3cc(F)cc(F)c3)o2)cc1. The number of carbonyl (C=O) groups is 1. The minimum absolute atomic E-state index is 0.0109. The first-order valence-corrected chi connectivity index (χ1v) is 7.26. The highest BCUT2D eigenvalue weighted by molar-refractivity contribution is 5.72. The fraction of sp³-hybridized carbons (Fsp3) is 0.118. The van der Waals surface area contributed by atoms with Gasteiger partial charge < -0.3 is 14.5 Å². The van der Waals surface area contributed by atoms with Crippen molar-refractivity contribution in [3.8, 4) is 11.5 Å². The molecule has 0 aliphatic carbocycles. The minimum atomic E-state index is -0.732. The first-order chi connectivity index (χ1) is 12.0. The second kappa shape index (κ2) is 7.08. The molecule has 3 rings (SSSR count). The van der Waals surface area contributed by atoms with Gasteiger partial charge in [-0.25, -0.2) is 8.78 Å². The van der Waals surface area contributed by atoms with E-state index in [4.69, 9.17) is 4.42 Å². The van der Waals surface area contributed by atoms with Gasteiger partial charge in [0.25, 0.3) is 0 Å². The van der Waals surface area contributed by atoms with E-state index in [9.17, 15) is 13.6 Å². The first-order valence-electron chi connectivity index (χ1n) is 7.26. The van der Waals surface area contributed by atoms with Crippen LogP contribution >= 0.6 is 0 Å². The zero-order chi connectivity index (χ0) is 17.8. The molecule has 3 aromatic rings. The highest BCUT2D eigenvalue weighted by Gasteiger charge is 2.11. The Bertz CT molecular complexity index is 874. The van der Waals surface area contributed by atoms with Gasteiger partial charge in [0.05, 0.1) is 13.5 Å². The number of hydrogen-bond acceptors (Lipinski definition) is 6. The number of esters is 1. The molecule has 25 heavy (non-hydrogen) atoms. The number of aromatic nitrogens is 2. The van der Waals surface area contributed by atoms with Crippen molar-refractivity contribution in [2.45, 2.75) is 6.42 Å². The van der Waals surface area contributed by atoms with Crippen LogP contribution in [0.1, 0.15) is 5.56 Å². The van der Waals surface area contributed by atoms with E-state index >= 15 is 0 Å². The molecule has 8 heteroatoms. The first kappa shape index (κ1) is 16.6. The van der Waals surface area contributed by atoms with Crippen LogP contribution in [0.25, 0.3) is 11.5 Å². The van der Waals surface area contributed by atoms with Crippen LogP contribution in [0.15, 0.2) is 46.9 Å². The molecule has 0 bridgehead atoms. The van der Waals surface area contributed by atoms with Gasteiger partial charge in [0, 0.05) is 17.3 Å². The summed E-state index contributed by atoms with van der Waals surface area (Å²) in [5, 5.41) is 10.4. The number of hydrogen-bond donors (Lipinski definition) is 1. The molecule has 0 saturated heterocycles. The predicted octanol–water partition coefficient (Wildman–Crippen LogP) is 3.47. The molecule has 6 nitrogen and oxygen atoms in total. The molecule has 128 valence electrons. The van der Waals surface area contributed by atoms with Crippen LogP contribution < -0.4 is 5.32 Å². The molecule has 0 fully saturated rings.